The van der Waals surface area contributed by atoms with Crippen LogP contribution in [0.25, 0.3) is 16.5 Å². The zero-order valence-electron chi connectivity index (χ0n) is 12.9. The maximum absolute atomic E-state index is 13.1. The maximum atomic E-state index is 13.1. The van der Waals surface area contributed by atoms with Gasteiger partial charge in [0.05, 0.1) is 4.90 Å². The number of benzene rings is 1. The van der Waals surface area contributed by atoms with Crippen molar-refractivity contribution in [2.45, 2.75) is 18.0 Å². The second-order valence-electron chi connectivity index (χ2n) is 5.21. The standard InChI is InChI=1S/C14H11F3N4O2S2/c1-8-19-20-13(24-8)12-18-11(14(15,16)17)7-21(12)9-3-5-10(6-4-9)25(2,22)23/h3-7H,1-2H3. The molecular weight excluding hydrogens is 377 g/mol. The van der Waals surface area contributed by atoms with Crippen LogP contribution in [-0.2, 0) is 16.0 Å². The lowest BCUT2D eigenvalue weighted by Gasteiger charge is -2.06. The number of nitrogens with zero attached hydrogens (tertiary/aromatic N) is 4. The molecule has 0 N–H and O–H groups in total. The number of alkyl halides is 3. The molecule has 0 atom stereocenters. The molecule has 0 amide bonds. The Balaban J connectivity index is 2.16. The molecular formula is C14H11F3N4O2S2. The summed E-state index contributed by atoms with van der Waals surface area (Å²) in [6.07, 6.45) is -2.72. The Morgan fingerprint density at radius 2 is 1.76 bits per heavy atom. The van der Waals surface area contributed by atoms with Crippen LogP contribution in [0.2, 0.25) is 0 Å². The number of hydrogen-bond donors (Lipinski definition) is 0. The van der Waals surface area contributed by atoms with Crippen LogP contribution >= 0.6 is 11.3 Å². The molecule has 0 saturated carbocycles. The highest BCUT2D eigenvalue weighted by Gasteiger charge is 2.35. The first kappa shape index (κ1) is 17.5. The third-order valence-electron chi connectivity index (χ3n) is 3.26. The van der Waals surface area contributed by atoms with E-state index in [2.05, 4.69) is 15.2 Å². The van der Waals surface area contributed by atoms with Gasteiger partial charge in [0, 0.05) is 18.1 Å². The first-order chi connectivity index (χ1) is 11.6. The number of rotatable bonds is 3. The third-order valence-corrected chi connectivity index (χ3v) is 5.22. The van der Waals surface area contributed by atoms with E-state index in [1.807, 2.05) is 0 Å². The van der Waals surface area contributed by atoms with Crippen LogP contribution in [0.5, 0.6) is 0 Å². The molecule has 0 spiro atoms. The molecule has 0 saturated heterocycles. The van der Waals surface area contributed by atoms with E-state index in [1.54, 1.807) is 6.92 Å². The van der Waals surface area contributed by atoms with E-state index in [0.29, 0.717) is 10.7 Å². The van der Waals surface area contributed by atoms with Crippen LogP contribution in [0.4, 0.5) is 13.2 Å². The van der Waals surface area contributed by atoms with Crippen molar-refractivity contribution < 1.29 is 21.6 Å². The summed E-state index contributed by atoms with van der Waals surface area (Å²) in [4.78, 5) is 3.71. The van der Waals surface area contributed by atoms with Crippen molar-refractivity contribution in [1.29, 1.82) is 0 Å². The number of imidazole rings is 1. The van der Waals surface area contributed by atoms with E-state index >= 15 is 0 Å². The summed E-state index contributed by atoms with van der Waals surface area (Å²) in [5.74, 6) is -0.00923. The summed E-state index contributed by atoms with van der Waals surface area (Å²) < 4.78 is 63.4. The lowest BCUT2D eigenvalue weighted by Crippen LogP contribution is -2.05. The fourth-order valence-electron chi connectivity index (χ4n) is 2.11. The van der Waals surface area contributed by atoms with E-state index in [4.69, 9.17) is 0 Å². The molecule has 132 valence electrons. The molecule has 0 radical (unpaired) electrons. The van der Waals surface area contributed by atoms with Crippen molar-refractivity contribution >= 4 is 21.2 Å². The van der Waals surface area contributed by atoms with Gasteiger partial charge >= 0.3 is 6.18 Å². The molecule has 0 bridgehead atoms. The zero-order valence-corrected chi connectivity index (χ0v) is 14.6. The normalized spacial score (nSPS) is 12.5. The van der Waals surface area contributed by atoms with Gasteiger partial charge in [0.1, 0.15) is 5.01 Å². The van der Waals surface area contributed by atoms with E-state index in [0.717, 1.165) is 23.8 Å². The smallest absolute Gasteiger partial charge is 0.297 e. The number of sulfone groups is 1. The number of halogens is 3. The minimum Gasteiger partial charge on any atom is -0.297 e. The number of aromatic nitrogens is 4. The Morgan fingerprint density at radius 3 is 2.24 bits per heavy atom. The molecule has 11 heteroatoms. The molecule has 2 heterocycles. The van der Waals surface area contributed by atoms with Crippen LogP contribution in [0.1, 0.15) is 10.7 Å². The predicted molar refractivity (Wildman–Crippen MR) is 85.3 cm³/mol. The molecule has 0 aliphatic carbocycles. The summed E-state index contributed by atoms with van der Waals surface area (Å²) in [6.45, 7) is 1.68. The molecule has 25 heavy (non-hydrogen) atoms. The van der Waals surface area contributed by atoms with Gasteiger partial charge in [-0.25, -0.2) is 13.4 Å². The minimum absolute atomic E-state index is 0.00923. The van der Waals surface area contributed by atoms with Crippen LogP contribution in [0.15, 0.2) is 35.4 Å². The van der Waals surface area contributed by atoms with E-state index in [1.165, 1.54) is 28.8 Å². The number of aryl methyl sites for hydroxylation is 1. The van der Waals surface area contributed by atoms with Crippen molar-refractivity contribution in [1.82, 2.24) is 19.7 Å². The zero-order chi connectivity index (χ0) is 18.4. The minimum atomic E-state index is -4.62. The molecule has 2 aromatic heterocycles. The fourth-order valence-corrected chi connectivity index (χ4v) is 3.41. The van der Waals surface area contributed by atoms with Crippen molar-refractivity contribution in [3.8, 4) is 16.5 Å². The molecule has 0 aliphatic heterocycles. The monoisotopic (exact) mass is 388 g/mol. The van der Waals surface area contributed by atoms with Crippen molar-refractivity contribution in [3.05, 3.63) is 41.2 Å². The SMILES string of the molecule is Cc1nnc(-c2nc(C(F)(F)F)cn2-c2ccc(S(C)(=O)=O)cc2)s1. The van der Waals surface area contributed by atoms with Gasteiger partial charge in [0.2, 0.25) is 0 Å². The van der Waals surface area contributed by atoms with Gasteiger partial charge in [-0.2, -0.15) is 13.2 Å². The molecule has 0 fully saturated rings. The Bertz CT molecular complexity index is 1020. The molecule has 0 aliphatic rings. The molecule has 0 unspecified atom stereocenters. The van der Waals surface area contributed by atoms with Crippen LogP contribution < -0.4 is 0 Å². The third kappa shape index (κ3) is 3.56. The van der Waals surface area contributed by atoms with Gasteiger partial charge in [-0.1, -0.05) is 11.3 Å². The average Bonchev–Trinajstić information content (AvgIpc) is 3.12. The predicted octanol–water partition coefficient (Wildman–Crippen LogP) is 3.12. The van der Waals surface area contributed by atoms with Gasteiger partial charge in [-0.05, 0) is 31.2 Å². The lowest BCUT2D eigenvalue weighted by atomic mass is 10.3. The Kier molecular flexibility index (Phi) is 4.15. The van der Waals surface area contributed by atoms with Gasteiger partial charge in [0.25, 0.3) is 0 Å². The van der Waals surface area contributed by atoms with E-state index < -0.39 is 21.7 Å². The molecule has 1 aromatic carbocycles. The fraction of sp³-hybridized carbons (Fsp3) is 0.214. The highest BCUT2D eigenvalue weighted by atomic mass is 32.2. The van der Waals surface area contributed by atoms with Crippen molar-refractivity contribution in [3.63, 3.8) is 0 Å². The van der Waals surface area contributed by atoms with Crippen LogP contribution in [-0.4, -0.2) is 34.4 Å². The molecule has 6 nitrogen and oxygen atoms in total. The van der Waals surface area contributed by atoms with Crippen molar-refractivity contribution in [2.24, 2.45) is 0 Å². The molecule has 3 rings (SSSR count). The van der Waals surface area contributed by atoms with Crippen LogP contribution in [0.3, 0.4) is 0 Å². The second kappa shape index (κ2) is 5.92. The van der Waals surface area contributed by atoms with Gasteiger partial charge in [0.15, 0.2) is 26.4 Å². The second-order valence-corrected chi connectivity index (χ2v) is 8.41. The topological polar surface area (TPSA) is 77.7 Å². The quantitative estimate of drug-likeness (QED) is 0.689. The average molecular weight is 388 g/mol. The summed E-state index contributed by atoms with van der Waals surface area (Å²) in [5.41, 5.74) is -0.735. The highest BCUT2D eigenvalue weighted by Crippen LogP contribution is 2.33. The summed E-state index contributed by atoms with van der Waals surface area (Å²) >= 11 is 1.11. The summed E-state index contributed by atoms with van der Waals surface area (Å²) in [7, 11) is -3.40. The maximum Gasteiger partial charge on any atom is 0.434 e. The first-order valence-electron chi connectivity index (χ1n) is 6.83. The summed E-state index contributed by atoms with van der Waals surface area (Å²) in [5, 5.41) is 8.47. The Morgan fingerprint density at radius 1 is 1.12 bits per heavy atom. The highest BCUT2D eigenvalue weighted by molar-refractivity contribution is 7.90. The summed E-state index contributed by atoms with van der Waals surface area (Å²) in [6, 6.07) is 5.48. The Labute approximate surface area is 144 Å². The number of hydrogen-bond acceptors (Lipinski definition) is 6. The van der Waals surface area contributed by atoms with Crippen LogP contribution in [0, 0.1) is 6.92 Å². The van der Waals surface area contributed by atoms with E-state index in [9.17, 15) is 21.6 Å². The van der Waals surface area contributed by atoms with Gasteiger partial charge in [-0.15, -0.1) is 10.2 Å². The lowest BCUT2D eigenvalue weighted by molar-refractivity contribution is -0.140. The van der Waals surface area contributed by atoms with Crippen molar-refractivity contribution in [2.75, 3.05) is 6.26 Å². The van der Waals surface area contributed by atoms with E-state index in [-0.39, 0.29) is 15.7 Å². The largest absolute Gasteiger partial charge is 0.434 e. The van der Waals surface area contributed by atoms with Gasteiger partial charge in [-0.3, -0.25) is 4.57 Å². The Hall–Kier alpha value is -2.27. The first-order valence-corrected chi connectivity index (χ1v) is 9.54. The van der Waals surface area contributed by atoms with Gasteiger partial charge < -0.3 is 0 Å². The molecule has 3 aromatic rings.